The Morgan fingerprint density at radius 2 is 1.38 bits per heavy atom. The van der Waals surface area contributed by atoms with Crippen LogP contribution in [-0.2, 0) is 5.41 Å². The van der Waals surface area contributed by atoms with Crippen LogP contribution in [0.3, 0.4) is 0 Å². The molecule has 3 aromatic rings. The van der Waals surface area contributed by atoms with E-state index in [0.29, 0.717) is 11.8 Å². The molecule has 1 heterocycles. The Morgan fingerprint density at radius 1 is 0.885 bits per heavy atom. The van der Waals surface area contributed by atoms with Gasteiger partial charge in [-0.2, -0.15) is 0 Å². The van der Waals surface area contributed by atoms with Gasteiger partial charge in [0.1, 0.15) is 0 Å². The maximum atomic E-state index is 5.88. The SMILES string of the molecule is C=C/C(=C\C)c1ccc(-c2nnc(-c3ccc(C(C)(C)C)cc3)o2)cc1. The number of nitrogens with zero attached hydrogens (tertiary/aromatic N) is 2. The summed E-state index contributed by atoms with van der Waals surface area (Å²) in [5.74, 6) is 1.05. The zero-order valence-corrected chi connectivity index (χ0v) is 15.8. The Hall–Kier alpha value is -2.94. The summed E-state index contributed by atoms with van der Waals surface area (Å²) in [6.45, 7) is 12.4. The van der Waals surface area contributed by atoms with E-state index in [1.807, 2.05) is 55.5 Å². The van der Waals surface area contributed by atoms with E-state index in [0.717, 1.165) is 22.3 Å². The largest absolute Gasteiger partial charge is 0.416 e. The third kappa shape index (κ3) is 3.67. The number of benzene rings is 2. The molecule has 0 aliphatic carbocycles. The van der Waals surface area contributed by atoms with E-state index < -0.39 is 0 Å². The lowest BCUT2D eigenvalue weighted by atomic mass is 9.87. The molecule has 3 heteroatoms. The maximum Gasteiger partial charge on any atom is 0.248 e. The average Bonchev–Trinajstić information content (AvgIpc) is 3.13. The van der Waals surface area contributed by atoms with E-state index in [1.165, 1.54) is 5.56 Å². The molecule has 0 spiro atoms. The second-order valence-corrected chi connectivity index (χ2v) is 7.27. The zero-order chi connectivity index (χ0) is 18.7. The number of aromatic nitrogens is 2. The van der Waals surface area contributed by atoms with Crippen LogP contribution in [0.2, 0.25) is 0 Å². The molecule has 3 rings (SSSR count). The fourth-order valence-corrected chi connectivity index (χ4v) is 2.78. The summed E-state index contributed by atoms with van der Waals surface area (Å²) in [6.07, 6.45) is 3.88. The summed E-state index contributed by atoms with van der Waals surface area (Å²) in [6, 6.07) is 16.3. The number of rotatable bonds is 4. The summed E-state index contributed by atoms with van der Waals surface area (Å²) in [4.78, 5) is 0. The fourth-order valence-electron chi connectivity index (χ4n) is 2.78. The van der Waals surface area contributed by atoms with Crippen molar-refractivity contribution in [2.75, 3.05) is 0 Å². The maximum absolute atomic E-state index is 5.88. The minimum Gasteiger partial charge on any atom is -0.416 e. The third-order valence-corrected chi connectivity index (χ3v) is 4.42. The summed E-state index contributed by atoms with van der Waals surface area (Å²) in [5.41, 5.74) is 5.44. The van der Waals surface area contributed by atoms with Crippen LogP contribution in [0.15, 0.2) is 71.7 Å². The molecule has 2 aromatic carbocycles. The monoisotopic (exact) mass is 344 g/mol. The second-order valence-electron chi connectivity index (χ2n) is 7.27. The minimum absolute atomic E-state index is 0.123. The molecule has 0 aliphatic heterocycles. The highest BCUT2D eigenvalue weighted by Crippen LogP contribution is 2.28. The quantitative estimate of drug-likeness (QED) is 0.522. The van der Waals surface area contributed by atoms with Gasteiger partial charge in [-0.05, 0) is 53.3 Å². The molecule has 0 atom stereocenters. The lowest BCUT2D eigenvalue weighted by Crippen LogP contribution is -2.10. The summed E-state index contributed by atoms with van der Waals surface area (Å²) >= 11 is 0. The van der Waals surface area contributed by atoms with E-state index in [9.17, 15) is 0 Å². The number of hydrogen-bond acceptors (Lipinski definition) is 3. The Labute approximate surface area is 155 Å². The highest BCUT2D eigenvalue weighted by atomic mass is 16.4. The van der Waals surface area contributed by atoms with Crippen molar-refractivity contribution < 1.29 is 4.42 Å². The van der Waals surface area contributed by atoms with Crippen LogP contribution in [0.25, 0.3) is 28.5 Å². The van der Waals surface area contributed by atoms with Gasteiger partial charge in [0.2, 0.25) is 11.8 Å². The highest BCUT2D eigenvalue weighted by molar-refractivity contribution is 5.74. The first-order chi connectivity index (χ1) is 12.4. The lowest BCUT2D eigenvalue weighted by Gasteiger charge is -2.18. The van der Waals surface area contributed by atoms with E-state index in [-0.39, 0.29) is 5.41 Å². The topological polar surface area (TPSA) is 38.9 Å². The Kier molecular flexibility index (Phi) is 4.90. The van der Waals surface area contributed by atoms with Crippen molar-refractivity contribution in [2.24, 2.45) is 0 Å². The van der Waals surface area contributed by atoms with E-state index in [4.69, 9.17) is 4.42 Å². The smallest absolute Gasteiger partial charge is 0.248 e. The fraction of sp³-hybridized carbons (Fsp3) is 0.217. The molecule has 1 aromatic heterocycles. The van der Waals surface area contributed by atoms with Gasteiger partial charge in [0.25, 0.3) is 0 Å². The van der Waals surface area contributed by atoms with Gasteiger partial charge in [0.05, 0.1) is 0 Å². The van der Waals surface area contributed by atoms with Crippen LogP contribution in [0.4, 0.5) is 0 Å². The van der Waals surface area contributed by atoms with E-state index in [2.05, 4.69) is 49.7 Å². The molecule has 0 unspecified atom stereocenters. The van der Waals surface area contributed by atoms with Crippen LogP contribution < -0.4 is 0 Å². The Morgan fingerprint density at radius 3 is 1.81 bits per heavy atom. The van der Waals surface area contributed by atoms with Gasteiger partial charge < -0.3 is 4.42 Å². The van der Waals surface area contributed by atoms with Gasteiger partial charge in [0, 0.05) is 11.1 Å². The van der Waals surface area contributed by atoms with E-state index in [1.54, 1.807) is 0 Å². The zero-order valence-electron chi connectivity index (χ0n) is 15.8. The van der Waals surface area contributed by atoms with Crippen LogP contribution in [-0.4, -0.2) is 10.2 Å². The van der Waals surface area contributed by atoms with Crippen molar-refractivity contribution >= 4 is 5.57 Å². The van der Waals surface area contributed by atoms with Crippen molar-refractivity contribution in [3.63, 3.8) is 0 Å². The standard InChI is InChI=1S/C23H24N2O/c1-6-16(7-2)17-8-10-18(11-9-17)21-24-25-22(26-21)19-12-14-20(15-13-19)23(3,4)5/h6-15H,1H2,2-5H3/b16-7+. The first-order valence-corrected chi connectivity index (χ1v) is 8.76. The molecule has 26 heavy (non-hydrogen) atoms. The lowest BCUT2D eigenvalue weighted by molar-refractivity contribution is 0.582. The summed E-state index contributed by atoms with van der Waals surface area (Å²) in [7, 11) is 0. The predicted octanol–water partition coefficient (Wildman–Crippen LogP) is 6.29. The second kappa shape index (κ2) is 7.12. The van der Waals surface area contributed by atoms with Crippen LogP contribution >= 0.6 is 0 Å². The predicted molar refractivity (Wildman–Crippen MR) is 108 cm³/mol. The van der Waals surface area contributed by atoms with Crippen molar-refractivity contribution in [3.05, 3.63) is 78.4 Å². The molecule has 132 valence electrons. The highest BCUT2D eigenvalue weighted by Gasteiger charge is 2.15. The normalized spacial score (nSPS) is 12.2. The van der Waals surface area contributed by atoms with Crippen molar-refractivity contribution in [2.45, 2.75) is 33.1 Å². The molecule has 0 N–H and O–H groups in total. The molecule has 0 saturated heterocycles. The molecule has 0 bridgehead atoms. The molecule has 3 nitrogen and oxygen atoms in total. The molecule has 0 amide bonds. The summed E-state index contributed by atoms with van der Waals surface area (Å²) in [5, 5.41) is 8.40. The third-order valence-electron chi connectivity index (χ3n) is 4.42. The van der Waals surface area contributed by atoms with Crippen LogP contribution in [0.1, 0.15) is 38.8 Å². The molecule has 0 radical (unpaired) electrons. The number of allylic oxidation sites excluding steroid dienone is 3. The van der Waals surface area contributed by atoms with Crippen LogP contribution in [0.5, 0.6) is 0 Å². The Balaban J connectivity index is 1.85. The minimum atomic E-state index is 0.123. The van der Waals surface area contributed by atoms with Gasteiger partial charge in [-0.1, -0.05) is 63.8 Å². The molecular formula is C23H24N2O. The Bertz CT molecular complexity index is 924. The average molecular weight is 344 g/mol. The van der Waals surface area contributed by atoms with E-state index >= 15 is 0 Å². The van der Waals surface area contributed by atoms with Gasteiger partial charge in [-0.25, -0.2) is 0 Å². The van der Waals surface area contributed by atoms with Crippen molar-refractivity contribution in [1.82, 2.24) is 10.2 Å². The van der Waals surface area contributed by atoms with Gasteiger partial charge in [-0.15, -0.1) is 10.2 Å². The van der Waals surface area contributed by atoms with Gasteiger partial charge in [-0.3, -0.25) is 0 Å². The van der Waals surface area contributed by atoms with Crippen molar-refractivity contribution in [3.8, 4) is 22.9 Å². The first-order valence-electron chi connectivity index (χ1n) is 8.76. The summed E-state index contributed by atoms with van der Waals surface area (Å²) < 4.78 is 5.88. The first kappa shape index (κ1) is 17.9. The number of hydrogen-bond donors (Lipinski definition) is 0. The van der Waals surface area contributed by atoms with Gasteiger partial charge in [0.15, 0.2) is 0 Å². The van der Waals surface area contributed by atoms with Gasteiger partial charge >= 0.3 is 0 Å². The van der Waals surface area contributed by atoms with Crippen LogP contribution in [0, 0.1) is 0 Å². The molecule has 0 fully saturated rings. The molecule has 0 saturated carbocycles. The molecular weight excluding hydrogens is 320 g/mol. The molecule has 0 aliphatic rings. The van der Waals surface area contributed by atoms with Crippen molar-refractivity contribution in [1.29, 1.82) is 0 Å².